The molecule has 43 heavy (non-hydrogen) atoms. The number of allylic oxidation sites excluding steroid dienone is 5. The van der Waals surface area contributed by atoms with Crippen molar-refractivity contribution in [3.63, 3.8) is 0 Å². The predicted molar refractivity (Wildman–Crippen MR) is 173 cm³/mol. The standard InChI is InChI=1S/C35H45N5O3/c1-7-8-13-31(42-6)14-9-10-18-39(25-33(41)40-19-21-43-22-20-40)24-28(4)15-16-32-34(29(5)27(2)3)37-26-38-35(32)30-12-11-17-36-23-30/h8-13,15-18,23-24,26-27,29H,7,19-22,25H2,1-6H3/b13-8-,16-15+,18-10+,28-24+. The second-order valence-corrected chi connectivity index (χ2v) is 10.7. The fourth-order valence-electron chi connectivity index (χ4n) is 4.40. The van der Waals surface area contributed by atoms with Gasteiger partial charge in [-0.25, -0.2) is 9.97 Å². The lowest BCUT2D eigenvalue weighted by Gasteiger charge is -2.28. The van der Waals surface area contributed by atoms with Gasteiger partial charge < -0.3 is 19.3 Å². The molecular weight excluding hydrogens is 538 g/mol. The number of carbonyl (C=O) groups is 1. The van der Waals surface area contributed by atoms with Crippen molar-refractivity contribution in [1.82, 2.24) is 24.8 Å². The summed E-state index contributed by atoms with van der Waals surface area (Å²) >= 11 is 0. The Morgan fingerprint density at radius 2 is 2.00 bits per heavy atom. The Morgan fingerprint density at radius 3 is 2.67 bits per heavy atom. The third-order valence-corrected chi connectivity index (χ3v) is 7.17. The number of nitrogens with zero attached hydrogens (tertiary/aromatic N) is 5. The molecule has 1 aliphatic rings. The average Bonchev–Trinajstić information content (AvgIpc) is 3.03. The van der Waals surface area contributed by atoms with Crippen LogP contribution in [0.25, 0.3) is 17.3 Å². The Labute approximate surface area is 256 Å². The number of rotatable bonds is 13. The van der Waals surface area contributed by atoms with Gasteiger partial charge in [-0.05, 0) is 55.2 Å². The van der Waals surface area contributed by atoms with Crippen molar-refractivity contribution in [2.75, 3.05) is 40.0 Å². The van der Waals surface area contributed by atoms with E-state index < -0.39 is 0 Å². The number of amides is 1. The van der Waals surface area contributed by atoms with Gasteiger partial charge in [0.05, 0.1) is 31.7 Å². The Bertz CT molecular complexity index is 1370. The summed E-state index contributed by atoms with van der Waals surface area (Å²) in [7, 11) is 1.62. The van der Waals surface area contributed by atoms with Crippen LogP contribution in [0.1, 0.15) is 58.2 Å². The molecule has 8 nitrogen and oxygen atoms in total. The molecular formula is C35H45N5O3. The van der Waals surface area contributed by atoms with Crippen LogP contribution in [-0.2, 0) is 14.3 Å². The van der Waals surface area contributed by atoms with Gasteiger partial charge >= 0.3 is 0 Å². The summed E-state index contributed by atoms with van der Waals surface area (Å²) < 4.78 is 10.8. The maximum atomic E-state index is 13.1. The quantitative estimate of drug-likeness (QED) is 0.150. The smallest absolute Gasteiger partial charge is 0.242 e. The number of pyridine rings is 1. The van der Waals surface area contributed by atoms with Gasteiger partial charge in [-0.1, -0.05) is 51.7 Å². The first-order chi connectivity index (χ1) is 20.8. The molecule has 0 aliphatic carbocycles. The summed E-state index contributed by atoms with van der Waals surface area (Å²) in [6.07, 6.45) is 21.6. The summed E-state index contributed by atoms with van der Waals surface area (Å²) in [6.45, 7) is 13.2. The van der Waals surface area contributed by atoms with Crippen LogP contribution >= 0.6 is 0 Å². The Kier molecular flexibility index (Phi) is 13.6. The van der Waals surface area contributed by atoms with Crippen LogP contribution in [0.3, 0.4) is 0 Å². The van der Waals surface area contributed by atoms with E-state index in [1.54, 1.807) is 25.7 Å². The van der Waals surface area contributed by atoms with Gasteiger partial charge in [-0.2, -0.15) is 0 Å². The molecule has 1 unspecified atom stereocenters. The van der Waals surface area contributed by atoms with Crippen LogP contribution in [-0.4, -0.2) is 70.6 Å². The maximum absolute atomic E-state index is 13.1. The SMILES string of the molecule is CC/C=C\C(=C=C/C=C/N(/C=C(C)/C=C/c1c(-c2cccnc2)ncnc1C(C)C(C)C)CC(=O)N1CCOCC1)OC. The topological polar surface area (TPSA) is 80.7 Å². The highest BCUT2D eigenvalue weighted by Gasteiger charge is 2.20. The first-order valence-electron chi connectivity index (χ1n) is 14.9. The van der Waals surface area contributed by atoms with Gasteiger partial charge in [0.15, 0.2) is 5.76 Å². The van der Waals surface area contributed by atoms with Crippen molar-refractivity contribution in [2.24, 2.45) is 5.92 Å². The van der Waals surface area contributed by atoms with E-state index in [2.05, 4.69) is 49.5 Å². The van der Waals surface area contributed by atoms with Gasteiger partial charge in [0.2, 0.25) is 5.91 Å². The van der Waals surface area contributed by atoms with Crippen LogP contribution in [0.15, 0.2) is 90.7 Å². The molecule has 3 heterocycles. The van der Waals surface area contributed by atoms with Gasteiger partial charge in [-0.3, -0.25) is 9.78 Å². The van der Waals surface area contributed by atoms with Crippen molar-refractivity contribution < 1.29 is 14.3 Å². The molecule has 2 aromatic heterocycles. The van der Waals surface area contributed by atoms with Gasteiger partial charge in [0.1, 0.15) is 12.9 Å². The highest BCUT2D eigenvalue weighted by atomic mass is 16.5. The highest BCUT2D eigenvalue weighted by molar-refractivity contribution is 5.78. The number of carbonyl (C=O) groups excluding carboxylic acids is 1. The number of methoxy groups -OCH3 is 1. The zero-order chi connectivity index (χ0) is 31.0. The average molecular weight is 584 g/mol. The summed E-state index contributed by atoms with van der Waals surface area (Å²) in [5, 5.41) is 0. The number of morpholine rings is 1. The molecule has 228 valence electrons. The molecule has 1 aliphatic heterocycles. The van der Waals surface area contributed by atoms with E-state index >= 15 is 0 Å². The lowest BCUT2D eigenvalue weighted by Crippen LogP contribution is -2.44. The molecule has 1 saturated heterocycles. The van der Waals surface area contributed by atoms with Gasteiger partial charge in [0, 0.05) is 54.9 Å². The van der Waals surface area contributed by atoms with Crippen molar-refractivity contribution in [3.05, 3.63) is 102 Å². The van der Waals surface area contributed by atoms with E-state index in [1.165, 1.54) is 0 Å². The summed E-state index contributed by atoms with van der Waals surface area (Å²) in [6, 6.07) is 3.93. The second-order valence-electron chi connectivity index (χ2n) is 10.7. The minimum Gasteiger partial charge on any atom is -0.489 e. The fraction of sp³-hybridized carbons (Fsp3) is 0.400. The van der Waals surface area contributed by atoms with E-state index in [-0.39, 0.29) is 18.4 Å². The number of hydrogen-bond donors (Lipinski definition) is 0. The molecule has 8 heteroatoms. The van der Waals surface area contributed by atoms with Crippen LogP contribution in [0.4, 0.5) is 0 Å². The van der Waals surface area contributed by atoms with Crippen molar-refractivity contribution >= 4 is 12.0 Å². The molecule has 0 saturated carbocycles. The lowest BCUT2D eigenvalue weighted by atomic mass is 9.89. The first-order valence-corrected chi connectivity index (χ1v) is 14.9. The molecule has 1 amide bonds. The molecule has 0 spiro atoms. The highest BCUT2D eigenvalue weighted by Crippen LogP contribution is 2.31. The Hall–Kier alpha value is -4.26. The maximum Gasteiger partial charge on any atom is 0.242 e. The van der Waals surface area contributed by atoms with Crippen molar-refractivity contribution in [1.29, 1.82) is 0 Å². The minimum atomic E-state index is 0.0485. The molecule has 0 aromatic carbocycles. The second kappa shape index (κ2) is 17.6. The van der Waals surface area contributed by atoms with Gasteiger partial charge in [0.25, 0.3) is 0 Å². The van der Waals surface area contributed by atoms with E-state index in [4.69, 9.17) is 14.5 Å². The van der Waals surface area contributed by atoms with E-state index in [1.807, 2.05) is 71.8 Å². The molecule has 0 bridgehead atoms. The number of ether oxygens (including phenoxy) is 2. The Morgan fingerprint density at radius 1 is 1.21 bits per heavy atom. The van der Waals surface area contributed by atoms with Crippen molar-refractivity contribution in [3.8, 4) is 11.3 Å². The van der Waals surface area contributed by atoms with Crippen LogP contribution in [0.5, 0.6) is 0 Å². The molecule has 2 aromatic rings. The summed E-state index contributed by atoms with van der Waals surface area (Å²) in [4.78, 5) is 30.5. The molecule has 3 rings (SSSR count). The number of aromatic nitrogens is 3. The van der Waals surface area contributed by atoms with Crippen molar-refractivity contribution in [2.45, 2.75) is 47.0 Å². The molecule has 0 N–H and O–H groups in total. The molecule has 1 fully saturated rings. The molecule has 1 atom stereocenters. The largest absolute Gasteiger partial charge is 0.489 e. The monoisotopic (exact) mass is 583 g/mol. The van der Waals surface area contributed by atoms with Gasteiger partial charge in [-0.15, -0.1) is 0 Å². The normalized spacial score (nSPS) is 14.9. The number of hydrogen-bond acceptors (Lipinski definition) is 7. The van der Waals surface area contributed by atoms with Crippen LogP contribution in [0, 0.1) is 5.92 Å². The van der Waals surface area contributed by atoms with E-state index in [0.717, 1.165) is 34.5 Å². The summed E-state index contributed by atoms with van der Waals surface area (Å²) in [5.41, 5.74) is 7.84. The first kappa shape index (κ1) is 33.2. The lowest BCUT2D eigenvalue weighted by molar-refractivity contribution is -0.135. The van der Waals surface area contributed by atoms with Crippen LogP contribution < -0.4 is 0 Å². The van der Waals surface area contributed by atoms with E-state index in [0.29, 0.717) is 38.0 Å². The third kappa shape index (κ3) is 10.5. The predicted octanol–water partition coefficient (Wildman–Crippen LogP) is 6.54. The Balaban J connectivity index is 1.95. The fourth-order valence-corrected chi connectivity index (χ4v) is 4.40. The third-order valence-electron chi connectivity index (χ3n) is 7.17. The van der Waals surface area contributed by atoms with E-state index in [9.17, 15) is 4.79 Å². The zero-order valence-corrected chi connectivity index (χ0v) is 26.4. The zero-order valence-electron chi connectivity index (χ0n) is 26.4. The molecule has 0 radical (unpaired) electrons. The minimum absolute atomic E-state index is 0.0485. The summed E-state index contributed by atoms with van der Waals surface area (Å²) in [5.74, 6) is 1.33. The van der Waals surface area contributed by atoms with Crippen LogP contribution in [0.2, 0.25) is 0 Å².